The maximum atomic E-state index is 12.8. The number of nitrogens with zero attached hydrogens (tertiary/aromatic N) is 3. The molecule has 1 saturated heterocycles. The minimum absolute atomic E-state index is 0.0687. The minimum Gasteiger partial charge on any atom is -0.493 e. The normalized spacial score (nSPS) is 14.6. The molecule has 0 aliphatic carbocycles. The molecule has 3 rings (SSSR count). The first-order valence-corrected chi connectivity index (χ1v) is 9.70. The summed E-state index contributed by atoms with van der Waals surface area (Å²) >= 11 is 6.03. The summed E-state index contributed by atoms with van der Waals surface area (Å²) in [6.45, 7) is 3.90. The van der Waals surface area contributed by atoms with E-state index < -0.39 is 11.7 Å². The molecule has 0 bridgehead atoms. The number of piperazine rings is 1. The Kier molecular flexibility index (Phi) is 6.60. The van der Waals surface area contributed by atoms with Gasteiger partial charge in [0.1, 0.15) is 5.82 Å². The van der Waals surface area contributed by atoms with Crippen LogP contribution in [0, 0.1) is 0 Å². The SMILES string of the molecule is CCOc1ccc(C(=O)N2CCN(c3ncc(C(F)(F)F)cc3Cl)CC2)cc1OC. The number of hydrogen-bond donors (Lipinski definition) is 0. The predicted octanol–water partition coefficient (Wildman–Crippen LogP) is 4.12. The highest BCUT2D eigenvalue weighted by Gasteiger charge is 2.32. The van der Waals surface area contributed by atoms with E-state index in [1.807, 2.05) is 6.92 Å². The summed E-state index contributed by atoms with van der Waals surface area (Å²) in [5.74, 6) is 1.15. The van der Waals surface area contributed by atoms with Crippen LogP contribution in [0.3, 0.4) is 0 Å². The third-order valence-corrected chi connectivity index (χ3v) is 5.00. The molecular weight excluding hydrogens is 423 g/mol. The van der Waals surface area contributed by atoms with Crippen molar-refractivity contribution in [3.05, 3.63) is 46.6 Å². The Morgan fingerprint density at radius 1 is 1.17 bits per heavy atom. The Morgan fingerprint density at radius 2 is 1.87 bits per heavy atom. The van der Waals surface area contributed by atoms with Crippen molar-refractivity contribution in [2.24, 2.45) is 0 Å². The molecule has 0 spiro atoms. The average molecular weight is 444 g/mol. The number of carbonyl (C=O) groups excluding carboxylic acids is 1. The molecule has 1 fully saturated rings. The fraction of sp³-hybridized carbons (Fsp3) is 0.400. The molecule has 0 unspecified atom stereocenters. The number of hydrogen-bond acceptors (Lipinski definition) is 5. The van der Waals surface area contributed by atoms with Crippen LogP contribution in [0.2, 0.25) is 5.02 Å². The molecule has 0 radical (unpaired) electrons. The van der Waals surface area contributed by atoms with Gasteiger partial charge in [0.15, 0.2) is 11.5 Å². The van der Waals surface area contributed by atoms with Crippen LogP contribution in [0.1, 0.15) is 22.8 Å². The van der Waals surface area contributed by atoms with Crippen LogP contribution < -0.4 is 14.4 Å². The van der Waals surface area contributed by atoms with Crippen LogP contribution in [-0.4, -0.2) is 55.7 Å². The van der Waals surface area contributed by atoms with Crippen molar-refractivity contribution in [3.63, 3.8) is 0 Å². The molecule has 10 heteroatoms. The lowest BCUT2D eigenvalue weighted by atomic mass is 10.1. The fourth-order valence-corrected chi connectivity index (χ4v) is 3.48. The van der Waals surface area contributed by atoms with Crippen LogP contribution in [0.15, 0.2) is 30.5 Å². The van der Waals surface area contributed by atoms with Gasteiger partial charge in [0.25, 0.3) is 5.91 Å². The second-order valence-corrected chi connectivity index (χ2v) is 7.01. The number of anilines is 1. The summed E-state index contributed by atoms with van der Waals surface area (Å²) in [6.07, 6.45) is -3.73. The topological polar surface area (TPSA) is 54.9 Å². The number of benzene rings is 1. The zero-order valence-electron chi connectivity index (χ0n) is 16.5. The second kappa shape index (κ2) is 8.99. The van der Waals surface area contributed by atoms with Crippen molar-refractivity contribution in [2.75, 3.05) is 44.8 Å². The number of alkyl halides is 3. The van der Waals surface area contributed by atoms with Gasteiger partial charge in [-0.25, -0.2) is 4.98 Å². The summed E-state index contributed by atoms with van der Waals surface area (Å²) in [7, 11) is 1.51. The number of halogens is 4. The van der Waals surface area contributed by atoms with E-state index in [2.05, 4.69) is 4.98 Å². The van der Waals surface area contributed by atoms with Gasteiger partial charge in [-0.2, -0.15) is 13.2 Å². The monoisotopic (exact) mass is 443 g/mol. The fourth-order valence-electron chi connectivity index (χ4n) is 3.20. The molecular formula is C20H21ClF3N3O3. The van der Waals surface area contributed by atoms with Crippen molar-refractivity contribution in [3.8, 4) is 11.5 Å². The minimum atomic E-state index is -4.50. The van der Waals surface area contributed by atoms with E-state index in [1.165, 1.54) is 7.11 Å². The van der Waals surface area contributed by atoms with Gasteiger partial charge in [0, 0.05) is 37.9 Å². The zero-order valence-corrected chi connectivity index (χ0v) is 17.3. The Hall–Kier alpha value is -2.68. The number of rotatable bonds is 5. The maximum absolute atomic E-state index is 12.8. The van der Waals surface area contributed by atoms with Crippen LogP contribution in [-0.2, 0) is 6.18 Å². The number of amides is 1. The van der Waals surface area contributed by atoms with Gasteiger partial charge < -0.3 is 19.3 Å². The molecule has 1 aromatic carbocycles. The number of carbonyl (C=O) groups is 1. The van der Waals surface area contributed by atoms with Gasteiger partial charge in [0.05, 0.1) is 24.3 Å². The van der Waals surface area contributed by atoms with Crippen LogP contribution >= 0.6 is 11.6 Å². The Morgan fingerprint density at radius 3 is 2.43 bits per heavy atom. The Bertz CT molecular complexity index is 916. The number of ether oxygens (including phenoxy) is 2. The highest BCUT2D eigenvalue weighted by molar-refractivity contribution is 6.33. The van der Waals surface area contributed by atoms with Crippen molar-refractivity contribution < 1.29 is 27.4 Å². The Balaban J connectivity index is 1.68. The van der Waals surface area contributed by atoms with E-state index in [4.69, 9.17) is 21.1 Å². The van der Waals surface area contributed by atoms with Crippen LogP contribution in [0.25, 0.3) is 0 Å². The number of pyridine rings is 1. The molecule has 1 aliphatic heterocycles. The highest BCUT2D eigenvalue weighted by atomic mass is 35.5. The third kappa shape index (κ3) is 4.72. The smallest absolute Gasteiger partial charge is 0.417 e. The van der Waals surface area contributed by atoms with Crippen molar-refractivity contribution in [1.82, 2.24) is 9.88 Å². The van der Waals surface area contributed by atoms with Crippen molar-refractivity contribution in [2.45, 2.75) is 13.1 Å². The van der Waals surface area contributed by atoms with Gasteiger partial charge >= 0.3 is 6.18 Å². The van der Waals surface area contributed by atoms with Gasteiger partial charge in [-0.05, 0) is 31.2 Å². The molecule has 1 aliphatic rings. The van der Waals surface area contributed by atoms with Crippen molar-refractivity contribution >= 4 is 23.3 Å². The first-order valence-electron chi connectivity index (χ1n) is 9.32. The summed E-state index contributed by atoms with van der Waals surface area (Å²) in [6, 6.07) is 5.87. The number of methoxy groups -OCH3 is 1. The third-order valence-electron chi connectivity index (χ3n) is 4.73. The number of aromatic nitrogens is 1. The second-order valence-electron chi connectivity index (χ2n) is 6.61. The van der Waals surface area contributed by atoms with E-state index in [0.29, 0.717) is 49.8 Å². The van der Waals surface area contributed by atoms with Gasteiger partial charge in [-0.15, -0.1) is 0 Å². The summed E-state index contributed by atoms with van der Waals surface area (Å²) in [5.41, 5.74) is -0.427. The lowest BCUT2D eigenvalue weighted by Crippen LogP contribution is -2.49. The predicted molar refractivity (Wildman–Crippen MR) is 107 cm³/mol. The molecule has 2 heterocycles. The lowest BCUT2D eigenvalue weighted by Gasteiger charge is -2.36. The first kappa shape index (κ1) is 22.0. The highest BCUT2D eigenvalue weighted by Crippen LogP contribution is 2.34. The first-order chi connectivity index (χ1) is 14.2. The molecule has 1 amide bonds. The maximum Gasteiger partial charge on any atom is 0.417 e. The molecule has 0 N–H and O–H groups in total. The molecule has 1 aromatic heterocycles. The largest absolute Gasteiger partial charge is 0.493 e. The summed E-state index contributed by atoms with van der Waals surface area (Å²) < 4.78 is 49.1. The van der Waals surface area contributed by atoms with Gasteiger partial charge in [0.2, 0.25) is 0 Å². The molecule has 162 valence electrons. The van der Waals surface area contributed by atoms with E-state index in [0.717, 1.165) is 12.3 Å². The molecule has 0 saturated carbocycles. The summed E-state index contributed by atoms with van der Waals surface area (Å²) in [4.78, 5) is 20.2. The van der Waals surface area contributed by atoms with Crippen LogP contribution in [0.5, 0.6) is 11.5 Å². The van der Waals surface area contributed by atoms with E-state index >= 15 is 0 Å². The standard InChI is InChI=1S/C20H21ClF3N3O3/c1-3-30-16-5-4-13(10-17(16)29-2)19(28)27-8-6-26(7-9-27)18-15(21)11-14(12-25-18)20(22,23)24/h4-5,10-12H,3,6-9H2,1-2H3. The average Bonchev–Trinajstić information content (AvgIpc) is 2.73. The van der Waals surface area contributed by atoms with E-state index in [9.17, 15) is 18.0 Å². The zero-order chi connectivity index (χ0) is 21.9. The summed E-state index contributed by atoms with van der Waals surface area (Å²) in [5, 5.41) is -0.0687. The van der Waals surface area contributed by atoms with Crippen molar-refractivity contribution in [1.29, 1.82) is 0 Å². The van der Waals surface area contributed by atoms with Crippen LogP contribution in [0.4, 0.5) is 19.0 Å². The van der Waals surface area contributed by atoms with E-state index in [1.54, 1.807) is 28.0 Å². The Labute approximate surface area is 177 Å². The molecule has 6 nitrogen and oxygen atoms in total. The molecule has 0 atom stereocenters. The van der Waals surface area contributed by atoms with E-state index in [-0.39, 0.29) is 16.7 Å². The van der Waals surface area contributed by atoms with Gasteiger partial charge in [-0.3, -0.25) is 4.79 Å². The molecule has 2 aromatic rings. The quantitative estimate of drug-likeness (QED) is 0.695. The molecule has 30 heavy (non-hydrogen) atoms. The van der Waals surface area contributed by atoms with Gasteiger partial charge in [-0.1, -0.05) is 11.6 Å². The lowest BCUT2D eigenvalue weighted by molar-refractivity contribution is -0.137.